The molecule has 1 aliphatic rings. The number of ether oxygens (including phenoxy) is 1. The molecule has 6 nitrogen and oxygen atoms in total. The zero-order valence-corrected chi connectivity index (χ0v) is 19.8. The molecular weight excluding hydrogens is 485 g/mol. The molecule has 0 amide bonds. The molecule has 170 valence electrons. The second-order valence-corrected chi connectivity index (χ2v) is 10.1. The predicted molar refractivity (Wildman–Crippen MR) is 126 cm³/mol. The van der Waals surface area contributed by atoms with E-state index in [-0.39, 0.29) is 27.6 Å². The molecule has 0 bridgehead atoms. The van der Waals surface area contributed by atoms with Gasteiger partial charge in [-0.2, -0.15) is 0 Å². The molecule has 0 aromatic heterocycles. The van der Waals surface area contributed by atoms with Gasteiger partial charge in [0.25, 0.3) is 10.0 Å². The second kappa shape index (κ2) is 9.17. The van der Waals surface area contributed by atoms with E-state index in [9.17, 15) is 18.0 Å². The number of benzene rings is 3. The Balaban J connectivity index is 1.94. The molecule has 0 N–H and O–H groups in total. The molecule has 1 aliphatic heterocycles. The van der Waals surface area contributed by atoms with Crippen LogP contribution in [-0.4, -0.2) is 26.2 Å². The molecule has 4 rings (SSSR count). The number of halogens is 2. The van der Waals surface area contributed by atoms with Crippen LogP contribution >= 0.6 is 23.2 Å². The largest absolute Gasteiger partial charge is 0.455 e. The van der Waals surface area contributed by atoms with Gasteiger partial charge in [-0.1, -0.05) is 54.4 Å². The second-order valence-electron chi connectivity index (χ2n) is 7.40. The monoisotopic (exact) mass is 503 g/mol. The van der Waals surface area contributed by atoms with Gasteiger partial charge in [-0.05, 0) is 48.5 Å². The average molecular weight is 504 g/mol. The Morgan fingerprint density at radius 2 is 1.58 bits per heavy atom. The number of fused-ring (bicyclic) bond motifs is 1. The first kappa shape index (κ1) is 23.3. The smallest absolute Gasteiger partial charge is 0.306 e. The Kier molecular flexibility index (Phi) is 6.47. The normalized spacial score (nSPS) is 17.5. The number of sulfonamides is 1. The molecule has 9 heteroatoms. The zero-order chi connectivity index (χ0) is 23.8. The summed E-state index contributed by atoms with van der Waals surface area (Å²) in [7, 11) is -4.22. The lowest BCUT2D eigenvalue weighted by atomic mass is 9.98. The van der Waals surface area contributed by atoms with E-state index in [0.29, 0.717) is 10.6 Å². The molecule has 1 heterocycles. The van der Waals surface area contributed by atoms with Crippen LogP contribution in [0.3, 0.4) is 0 Å². The first-order valence-electron chi connectivity index (χ1n) is 10.1. The predicted octanol–water partition coefficient (Wildman–Crippen LogP) is 5.45. The van der Waals surface area contributed by atoms with Gasteiger partial charge in [-0.25, -0.2) is 8.42 Å². The minimum atomic E-state index is -4.22. The van der Waals surface area contributed by atoms with Crippen LogP contribution in [0.15, 0.2) is 77.7 Å². The molecule has 0 aliphatic carbocycles. The summed E-state index contributed by atoms with van der Waals surface area (Å²) in [5, 5.41) is 0.706. The molecule has 0 saturated heterocycles. The number of ketones is 1. The number of nitrogens with zero attached hydrogens (tertiary/aromatic N) is 1. The third-order valence-electron chi connectivity index (χ3n) is 5.32. The Hall–Kier alpha value is -2.87. The summed E-state index contributed by atoms with van der Waals surface area (Å²) in [4.78, 5) is 26.0. The lowest BCUT2D eigenvalue weighted by molar-refractivity contribution is -0.149. The summed E-state index contributed by atoms with van der Waals surface area (Å²) in [6, 6.07) is 17.1. The van der Waals surface area contributed by atoms with Crippen molar-refractivity contribution in [2.24, 2.45) is 0 Å². The number of carbonyl (C=O) groups excluding carboxylic acids is 2. The molecule has 2 atom stereocenters. The number of hydrogen-bond acceptors (Lipinski definition) is 5. The highest BCUT2D eigenvalue weighted by Gasteiger charge is 2.50. The lowest BCUT2D eigenvalue weighted by Gasteiger charge is -2.28. The molecule has 3 aromatic rings. The van der Waals surface area contributed by atoms with Crippen LogP contribution in [0.4, 0.5) is 5.69 Å². The number of carbonyl (C=O) groups is 2. The highest BCUT2D eigenvalue weighted by molar-refractivity contribution is 7.93. The highest BCUT2D eigenvalue weighted by atomic mass is 35.5. The number of rotatable bonds is 6. The van der Waals surface area contributed by atoms with E-state index in [2.05, 4.69) is 0 Å². The topological polar surface area (TPSA) is 80.8 Å². The van der Waals surface area contributed by atoms with Crippen LogP contribution in [-0.2, 0) is 19.6 Å². The van der Waals surface area contributed by atoms with Gasteiger partial charge < -0.3 is 4.74 Å². The van der Waals surface area contributed by atoms with E-state index in [1.54, 1.807) is 37.3 Å². The Morgan fingerprint density at radius 3 is 2.21 bits per heavy atom. The van der Waals surface area contributed by atoms with Gasteiger partial charge in [0, 0.05) is 27.6 Å². The van der Waals surface area contributed by atoms with Crippen LogP contribution in [0.1, 0.15) is 35.4 Å². The van der Waals surface area contributed by atoms with Crippen molar-refractivity contribution in [3.63, 3.8) is 0 Å². The maximum absolute atomic E-state index is 13.8. The van der Waals surface area contributed by atoms with Crippen molar-refractivity contribution in [3.8, 4) is 0 Å². The van der Waals surface area contributed by atoms with Gasteiger partial charge >= 0.3 is 5.97 Å². The highest BCUT2D eigenvalue weighted by Crippen LogP contribution is 2.47. The fraction of sp³-hybridized carbons (Fsp3) is 0.167. The fourth-order valence-electron chi connectivity index (χ4n) is 3.76. The van der Waals surface area contributed by atoms with E-state index in [4.69, 9.17) is 27.9 Å². The van der Waals surface area contributed by atoms with Crippen LogP contribution < -0.4 is 4.31 Å². The number of Topliss-reactive ketones (excluding diaryl/α,β-unsaturated/α-hetero) is 1. The lowest BCUT2D eigenvalue weighted by Crippen LogP contribution is -2.45. The van der Waals surface area contributed by atoms with Crippen molar-refractivity contribution in [2.45, 2.75) is 30.4 Å². The van der Waals surface area contributed by atoms with Crippen molar-refractivity contribution < 1.29 is 22.7 Å². The van der Waals surface area contributed by atoms with Crippen molar-refractivity contribution in [3.05, 3.63) is 94.0 Å². The summed E-state index contributed by atoms with van der Waals surface area (Å²) >= 11 is 12.2. The quantitative estimate of drug-likeness (QED) is 0.330. The standard InChI is InChI=1S/C24H19Cl2NO5S/c1-2-21(28)32-24-19-13-12-17(26)14-20(19)27(33(30,31)18-6-4-3-5-7-18)22(24)23(29)15-8-10-16(25)11-9-15/h3-14,22,24H,2H2,1H3. The molecule has 3 aromatic carbocycles. The molecule has 0 saturated carbocycles. The number of esters is 1. The van der Waals surface area contributed by atoms with Crippen molar-refractivity contribution in [1.29, 1.82) is 0 Å². The molecule has 0 fully saturated rings. The third-order valence-corrected chi connectivity index (χ3v) is 7.62. The summed E-state index contributed by atoms with van der Waals surface area (Å²) < 4.78 is 34.2. The van der Waals surface area contributed by atoms with Crippen molar-refractivity contribution >= 4 is 50.7 Å². The summed E-state index contributed by atoms with van der Waals surface area (Å²) in [6.07, 6.45) is -1.08. The van der Waals surface area contributed by atoms with Gasteiger partial charge in [0.15, 0.2) is 11.9 Å². The third kappa shape index (κ3) is 4.36. The maximum atomic E-state index is 13.8. The van der Waals surface area contributed by atoms with E-state index in [1.165, 1.54) is 42.5 Å². The SMILES string of the molecule is CCC(=O)OC1c2ccc(Cl)cc2N(S(=O)(=O)c2ccccc2)C1C(=O)c1ccc(Cl)cc1. The Morgan fingerprint density at radius 1 is 0.939 bits per heavy atom. The van der Waals surface area contributed by atoms with Gasteiger partial charge in [0.2, 0.25) is 0 Å². The maximum Gasteiger partial charge on any atom is 0.306 e. The molecule has 0 spiro atoms. The first-order chi connectivity index (χ1) is 15.7. The van der Waals surface area contributed by atoms with Gasteiger partial charge in [-0.15, -0.1) is 0 Å². The van der Waals surface area contributed by atoms with Crippen LogP contribution in [0, 0.1) is 0 Å². The zero-order valence-electron chi connectivity index (χ0n) is 17.4. The van der Waals surface area contributed by atoms with Crippen molar-refractivity contribution in [1.82, 2.24) is 0 Å². The number of anilines is 1. The summed E-state index contributed by atoms with van der Waals surface area (Å²) in [5.41, 5.74) is 0.801. The molecule has 0 radical (unpaired) electrons. The summed E-state index contributed by atoms with van der Waals surface area (Å²) in [6.45, 7) is 1.62. The average Bonchev–Trinajstić information content (AvgIpc) is 3.13. The van der Waals surface area contributed by atoms with Gasteiger partial charge in [-0.3, -0.25) is 13.9 Å². The summed E-state index contributed by atoms with van der Waals surface area (Å²) in [5.74, 6) is -1.10. The van der Waals surface area contributed by atoms with Crippen LogP contribution in [0.25, 0.3) is 0 Å². The van der Waals surface area contributed by atoms with E-state index < -0.39 is 33.9 Å². The van der Waals surface area contributed by atoms with Gasteiger partial charge in [0.05, 0.1) is 10.6 Å². The Labute approximate surface area is 201 Å². The minimum Gasteiger partial charge on any atom is -0.455 e. The van der Waals surface area contributed by atoms with Crippen LogP contribution in [0.5, 0.6) is 0 Å². The molecule has 2 unspecified atom stereocenters. The Bertz CT molecular complexity index is 1310. The minimum absolute atomic E-state index is 0.00713. The van der Waals surface area contributed by atoms with Crippen LogP contribution in [0.2, 0.25) is 10.0 Å². The van der Waals surface area contributed by atoms with E-state index in [0.717, 1.165) is 4.31 Å². The molecular formula is C24H19Cl2NO5S. The fourth-order valence-corrected chi connectivity index (χ4v) is 5.70. The van der Waals surface area contributed by atoms with Crippen molar-refractivity contribution in [2.75, 3.05) is 4.31 Å². The van der Waals surface area contributed by atoms with E-state index in [1.807, 2.05) is 0 Å². The first-order valence-corrected chi connectivity index (χ1v) is 12.3. The number of hydrogen-bond donors (Lipinski definition) is 0. The van der Waals surface area contributed by atoms with E-state index >= 15 is 0 Å². The molecule has 33 heavy (non-hydrogen) atoms. The van der Waals surface area contributed by atoms with Gasteiger partial charge in [0.1, 0.15) is 6.04 Å².